The van der Waals surface area contributed by atoms with Crippen molar-refractivity contribution < 1.29 is 4.79 Å². The van der Waals surface area contributed by atoms with Gasteiger partial charge in [0.15, 0.2) is 0 Å². The molecule has 1 atom stereocenters. The van der Waals surface area contributed by atoms with Gasteiger partial charge in [-0.2, -0.15) is 0 Å². The van der Waals surface area contributed by atoms with E-state index in [-0.39, 0.29) is 24.4 Å². The van der Waals surface area contributed by atoms with Crippen LogP contribution in [0.15, 0.2) is 53.3 Å². The monoisotopic (exact) mass is 419 g/mol. The third kappa shape index (κ3) is 5.35. The summed E-state index contributed by atoms with van der Waals surface area (Å²) in [5.74, 6) is -0.118. The van der Waals surface area contributed by atoms with Gasteiger partial charge >= 0.3 is 0 Å². The molecule has 0 aliphatic carbocycles. The lowest BCUT2D eigenvalue weighted by atomic mass is 10.0. The summed E-state index contributed by atoms with van der Waals surface area (Å²) < 4.78 is 1.25. The molecule has 0 saturated carbocycles. The van der Waals surface area contributed by atoms with Crippen LogP contribution in [0.5, 0.6) is 0 Å². The zero-order valence-electron chi connectivity index (χ0n) is 18.0. The van der Waals surface area contributed by atoms with Crippen molar-refractivity contribution in [3.63, 3.8) is 0 Å². The van der Waals surface area contributed by atoms with E-state index in [1.165, 1.54) is 36.1 Å². The third-order valence-electron chi connectivity index (χ3n) is 6.02. The molecule has 0 radical (unpaired) electrons. The zero-order valence-corrected chi connectivity index (χ0v) is 18.0. The van der Waals surface area contributed by atoms with Gasteiger partial charge in [0, 0.05) is 25.6 Å². The second-order valence-electron chi connectivity index (χ2n) is 8.29. The lowest BCUT2D eigenvalue weighted by Gasteiger charge is -2.33. The number of carbonyl (C=O) groups excluding carboxylic acids is 1. The minimum Gasteiger partial charge on any atom is -0.352 e. The first kappa shape index (κ1) is 21.2. The number of aromatic nitrogens is 3. The molecule has 0 spiro atoms. The number of benzene rings is 2. The summed E-state index contributed by atoms with van der Waals surface area (Å²) in [6.07, 6.45) is 4.07. The summed E-state index contributed by atoms with van der Waals surface area (Å²) >= 11 is 0. The highest BCUT2D eigenvalue weighted by Gasteiger charge is 2.18. The summed E-state index contributed by atoms with van der Waals surface area (Å²) in [5.41, 5.74) is 2.70. The van der Waals surface area contributed by atoms with Gasteiger partial charge in [0.1, 0.15) is 5.52 Å². The molecule has 1 aliphatic heterocycles. The number of likely N-dealkylation sites (tertiary alicyclic amines) is 1. The molecule has 1 unspecified atom stereocenters. The molecule has 1 N–H and O–H groups in total. The number of nitrogens with one attached hydrogen (secondary N) is 1. The van der Waals surface area contributed by atoms with Gasteiger partial charge in [0.2, 0.25) is 5.91 Å². The summed E-state index contributed by atoms with van der Waals surface area (Å²) in [5, 5.41) is 11.4. The van der Waals surface area contributed by atoms with Crippen molar-refractivity contribution in [2.24, 2.45) is 0 Å². The average Bonchev–Trinajstić information content (AvgIpc) is 2.80. The van der Waals surface area contributed by atoms with Gasteiger partial charge in [-0.25, -0.2) is 4.68 Å². The molecule has 1 fully saturated rings. The average molecular weight is 420 g/mol. The fourth-order valence-corrected chi connectivity index (χ4v) is 4.06. The highest BCUT2D eigenvalue weighted by atomic mass is 16.2. The lowest BCUT2D eigenvalue weighted by Crippen LogP contribution is -2.36. The van der Waals surface area contributed by atoms with E-state index in [2.05, 4.69) is 51.7 Å². The number of fused-ring (bicyclic) bond motifs is 1. The molecule has 2 aromatic carbocycles. The van der Waals surface area contributed by atoms with Crippen molar-refractivity contribution in [2.75, 3.05) is 6.54 Å². The van der Waals surface area contributed by atoms with Gasteiger partial charge in [-0.15, -0.1) is 5.10 Å². The normalized spacial score (nSPS) is 17.0. The topological polar surface area (TPSA) is 80.1 Å². The highest BCUT2D eigenvalue weighted by Crippen LogP contribution is 2.19. The molecule has 1 aromatic heterocycles. The molecule has 7 heteroatoms. The Kier molecular flexibility index (Phi) is 6.72. The maximum absolute atomic E-state index is 12.4. The van der Waals surface area contributed by atoms with Gasteiger partial charge in [0.05, 0.1) is 11.9 Å². The predicted octanol–water partition coefficient (Wildman–Crippen LogP) is 2.87. The van der Waals surface area contributed by atoms with E-state index >= 15 is 0 Å². The summed E-state index contributed by atoms with van der Waals surface area (Å²) in [6, 6.07) is 16.2. The Hall–Kier alpha value is -3.06. The first-order chi connectivity index (χ1) is 15.1. The lowest BCUT2D eigenvalue weighted by molar-refractivity contribution is -0.121. The number of amides is 1. The van der Waals surface area contributed by atoms with Crippen LogP contribution >= 0.6 is 0 Å². The highest BCUT2D eigenvalue weighted by molar-refractivity contribution is 5.77. The Balaban J connectivity index is 1.26. The second kappa shape index (κ2) is 9.83. The van der Waals surface area contributed by atoms with Gasteiger partial charge in [-0.3, -0.25) is 14.5 Å². The van der Waals surface area contributed by atoms with Gasteiger partial charge in [0.25, 0.3) is 5.56 Å². The molecule has 2 heterocycles. The largest absolute Gasteiger partial charge is 0.352 e. The zero-order chi connectivity index (χ0) is 21.6. The molecule has 31 heavy (non-hydrogen) atoms. The molecule has 162 valence electrons. The van der Waals surface area contributed by atoms with E-state index in [1.54, 1.807) is 18.2 Å². The van der Waals surface area contributed by atoms with Crippen molar-refractivity contribution in [2.45, 2.75) is 58.3 Å². The molecule has 1 aliphatic rings. The van der Waals surface area contributed by atoms with Crippen molar-refractivity contribution in [1.29, 1.82) is 0 Å². The molecule has 1 saturated heterocycles. The second-order valence-corrected chi connectivity index (χ2v) is 8.29. The molecular weight excluding hydrogens is 390 g/mol. The van der Waals surface area contributed by atoms with E-state index in [0.717, 1.165) is 12.1 Å². The van der Waals surface area contributed by atoms with Crippen molar-refractivity contribution in [3.05, 3.63) is 70.0 Å². The Morgan fingerprint density at radius 2 is 1.87 bits per heavy atom. The van der Waals surface area contributed by atoms with Gasteiger partial charge < -0.3 is 5.32 Å². The first-order valence-corrected chi connectivity index (χ1v) is 11.0. The summed E-state index contributed by atoms with van der Waals surface area (Å²) in [7, 11) is 0. The number of aryl methyl sites for hydroxylation is 1. The fraction of sp³-hybridized carbons (Fsp3) is 0.417. The standard InChI is InChI=1S/C24H29N5O2/c1-18-6-4-5-14-28(18)17-20-11-9-19(10-12-20)16-25-23(30)13-15-29-24(31)21-7-2-3-8-22(21)26-27-29/h2-3,7-12,18H,4-6,13-17H2,1H3,(H,25,30). The van der Waals surface area contributed by atoms with Gasteiger partial charge in [-0.1, -0.05) is 48.0 Å². The number of rotatable bonds is 7. The minimum atomic E-state index is -0.225. The van der Waals surface area contributed by atoms with Crippen LogP contribution in [-0.2, 0) is 24.4 Å². The quantitative estimate of drug-likeness (QED) is 0.637. The van der Waals surface area contributed by atoms with Crippen LogP contribution in [0.25, 0.3) is 10.9 Å². The maximum atomic E-state index is 12.4. The summed E-state index contributed by atoms with van der Waals surface area (Å²) in [4.78, 5) is 27.2. The van der Waals surface area contributed by atoms with E-state index in [4.69, 9.17) is 0 Å². The van der Waals surface area contributed by atoms with Crippen LogP contribution in [0.3, 0.4) is 0 Å². The van der Waals surface area contributed by atoms with Crippen LogP contribution in [-0.4, -0.2) is 38.4 Å². The Bertz CT molecular complexity index is 1090. The third-order valence-corrected chi connectivity index (χ3v) is 6.02. The Labute approximate surface area is 182 Å². The summed E-state index contributed by atoms with van der Waals surface area (Å²) in [6.45, 7) is 5.13. The van der Waals surface area contributed by atoms with Crippen LogP contribution in [0.4, 0.5) is 0 Å². The number of hydrogen-bond donors (Lipinski definition) is 1. The van der Waals surface area contributed by atoms with Crippen LogP contribution in [0.2, 0.25) is 0 Å². The van der Waals surface area contributed by atoms with Crippen molar-refractivity contribution >= 4 is 16.8 Å². The Morgan fingerprint density at radius 3 is 2.68 bits per heavy atom. The smallest absolute Gasteiger partial charge is 0.277 e. The maximum Gasteiger partial charge on any atom is 0.277 e. The number of hydrogen-bond acceptors (Lipinski definition) is 5. The first-order valence-electron chi connectivity index (χ1n) is 11.0. The van der Waals surface area contributed by atoms with Crippen molar-refractivity contribution in [3.8, 4) is 0 Å². The number of nitrogens with zero attached hydrogens (tertiary/aromatic N) is 4. The van der Waals surface area contributed by atoms with Crippen LogP contribution in [0.1, 0.15) is 43.7 Å². The molecule has 1 amide bonds. The molecular formula is C24H29N5O2. The molecule has 4 rings (SSSR count). The SMILES string of the molecule is CC1CCCCN1Cc1ccc(CNC(=O)CCn2nnc3ccccc3c2=O)cc1. The Morgan fingerprint density at radius 1 is 1.10 bits per heavy atom. The minimum absolute atomic E-state index is 0.118. The molecule has 7 nitrogen and oxygen atoms in total. The van der Waals surface area contributed by atoms with Crippen LogP contribution in [0, 0.1) is 0 Å². The number of piperidine rings is 1. The van der Waals surface area contributed by atoms with Crippen molar-refractivity contribution in [1.82, 2.24) is 25.2 Å². The molecule has 3 aromatic rings. The van der Waals surface area contributed by atoms with E-state index in [0.29, 0.717) is 23.5 Å². The van der Waals surface area contributed by atoms with E-state index in [1.807, 2.05) is 6.07 Å². The van der Waals surface area contributed by atoms with E-state index < -0.39 is 0 Å². The number of carbonyl (C=O) groups is 1. The van der Waals surface area contributed by atoms with E-state index in [9.17, 15) is 9.59 Å². The predicted molar refractivity (Wildman–Crippen MR) is 120 cm³/mol. The van der Waals surface area contributed by atoms with Crippen LogP contribution < -0.4 is 10.9 Å². The van der Waals surface area contributed by atoms with Gasteiger partial charge in [-0.05, 0) is 49.6 Å². The molecule has 0 bridgehead atoms. The fourth-order valence-electron chi connectivity index (χ4n) is 4.06.